The number of hydrogen-bond donors (Lipinski definition) is 1. The Morgan fingerprint density at radius 2 is 2.05 bits per heavy atom. The van der Waals surface area contributed by atoms with E-state index in [9.17, 15) is 4.79 Å². The predicted octanol–water partition coefficient (Wildman–Crippen LogP) is 3.28. The molecule has 0 saturated heterocycles. The minimum Gasteiger partial charge on any atom is -0.476 e. The van der Waals surface area contributed by atoms with Crippen LogP contribution >= 0.6 is 0 Å². The maximum atomic E-state index is 11.1. The number of aromatic nitrogens is 1. The smallest absolute Gasteiger partial charge is 0.362 e. The van der Waals surface area contributed by atoms with E-state index >= 15 is 0 Å². The molecular weight excluding hydrogens is 246 g/mol. The Kier molecular flexibility index (Phi) is 4.82. The summed E-state index contributed by atoms with van der Waals surface area (Å²) in [6.07, 6.45) is 8.15. The number of ether oxygens (including phenoxy) is 1. The molecule has 2 rings (SSSR count). The van der Waals surface area contributed by atoms with E-state index in [1.807, 2.05) is 0 Å². The second-order valence-corrected chi connectivity index (χ2v) is 5.04. The molecule has 1 aliphatic rings. The molecule has 0 radical (unpaired) electrons. The average Bonchev–Trinajstić information content (AvgIpc) is 2.59. The van der Waals surface area contributed by atoms with Crippen LogP contribution in [0.1, 0.15) is 61.8 Å². The van der Waals surface area contributed by atoms with Crippen LogP contribution < -0.4 is 4.74 Å². The summed E-state index contributed by atoms with van der Waals surface area (Å²) in [4.78, 5) is 15.1. The van der Waals surface area contributed by atoms with Gasteiger partial charge < -0.3 is 14.3 Å². The number of carboxylic acids is 1. The molecule has 0 aromatic carbocycles. The van der Waals surface area contributed by atoms with Crippen LogP contribution in [0.2, 0.25) is 0 Å². The highest BCUT2D eigenvalue weighted by molar-refractivity contribution is 5.87. The van der Waals surface area contributed by atoms with Crippen molar-refractivity contribution >= 4 is 5.97 Å². The number of nitrogens with zero attached hydrogens (tertiary/aromatic N) is 1. The van der Waals surface area contributed by atoms with E-state index in [1.165, 1.54) is 38.5 Å². The van der Waals surface area contributed by atoms with Gasteiger partial charge in [-0.25, -0.2) is 9.78 Å². The Labute approximate surface area is 113 Å². The first-order valence-electron chi connectivity index (χ1n) is 7.06. The summed E-state index contributed by atoms with van der Waals surface area (Å²) in [5.74, 6) is -0.0111. The summed E-state index contributed by atoms with van der Waals surface area (Å²) in [6, 6.07) is 0. The van der Waals surface area contributed by atoms with Crippen molar-refractivity contribution in [2.45, 2.75) is 51.9 Å². The summed E-state index contributed by atoms with van der Waals surface area (Å²) < 4.78 is 10.6. The van der Waals surface area contributed by atoms with Crippen LogP contribution in [-0.4, -0.2) is 22.7 Å². The van der Waals surface area contributed by atoms with Gasteiger partial charge in [-0.05, 0) is 25.7 Å². The van der Waals surface area contributed by atoms with Gasteiger partial charge in [0, 0.05) is 6.42 Å². The molecule has 0 aliphatic heterocycles. The van der Waals surface area contributed by atoms with Crippen LogP contribution in [0.5, 0.6) is 5.95 Å². The summed E-state index contributed by atoms with van der Waals surface area (Å²) in [5.41, 5.74) is -0.106. The van der Waals surface area contributed by atoms with Crippen LogP contribution in [-0.2, 0) is 6.42 Å². The van der Waals surface area contributed by atoms with Crippen molar-refractivity contribution in [3.8, 4) is 5.95 Å². The van der Waals surface area contributed by atoms with Crippen molar-refractivity contribution in [3.63, 3.8) is 0 Å². The highest BCUT2D eigenvalue weighted by Gasteiger charge is 2.23. The number of hydrogen-bond acceptors (Lipinski definition) is 4. The van der Waals surface area contributed by atoms with E-state index in [0.29, 0.717) is 24.8 Å². The van der Waals surface area contributed by atoms with Gasteiger partial charge in [-0.15, -0.1) is 0 Å². The molecular formula is C14H21NO4. The Bertz CT molecular complexity index is 419. The maximum absolute atomic E-state index is 11.1. The molecule has 1 saturated carbocycles. The van der Waals surface area contributed by atoms with Crippen LogP contribution in [0.3, 0.4) is 0 Å². The summed E-state index contributed by atoms with van der Waals surface area (Å²) in [7, 11) is 0. The van der Waals surface area contributed by atoms with Gasteiger partial charge in [-0.3, -0.25) is 0 Å². The minimum atomic E-state index is -1.10. The van der Waals surface area contributed by atoms with Crippen LogP contribution in [0.25, 0.3) is 0 Å². The van der Waals surface area contributed by atoms with Crippen molar-refractivity contribution in [2.24, 2.45) is 5.92 Å². The third-order valence-corrected chi connectivity index (χ3v) is 3.56. The zero-order valence-electron chi connectivity index (χ0n) is 11.4. The van der Waals surface area contributed by atoms with Crippen molar-refractivity contribution in [2.75, 3.05) is 6.61 Å². The van der Waals surface area contributed by atoms with E-state index in [4.69, 9.17) is 14.3 Å². The molecule has 0 spiro atoms. The lowest BCUT2D eigenvalue weighted by atomic mass is 9.97. The molecule has 106 valence electrons. The fourth-order valence-electron chi connectivity index (χ4n) is 2.61. The van der Waals surface area contributed by atoms with E-state index in [-0.39, 0.29) is 11.6 Å². The molecule has 0 atom stereocenters. The summed E-state index contributed by atoms with van der Waals surface area (Å²) in [5, 5.41) is 9.05. The van der Waals surface area contributed by atoms with E-state index in [1.54, 1.807) is 6.92 Å². The van der Waals surface area contributed by atoms with Crippen molar-refractivity contribution in [3.05, 3.63) is 11.6 Å². The number of oxazole rings is 1. The fourth-order valence-corrected chi connectivity index (χ4v) is 2.61. The van der Waals surface area contributed by atoms with Crippen LogP contribution in [0.4, 0.5) is 0 Å². The number of carboxylic acid groups (broad SMARTS) is 1. The molecule has 5 nitrogen and oxygen atoms in total. The standard InChI is InChI=1S/C14H21NO4/c1-2-18-14-12(13(16)17)15-11(19-14)9-10-7-5-3-4-6-8-10/h10H,2-9H2,1H3,(H,16,17). The highest BCUT2D eigenvalue weighted by Crippen LogP contribution is 2.28. The first-order chi connectivity index (χ1) is 9.20. The maximum Gasteiger partial charge on any atom is 0.362 e. The van der Waals surface area contributed by atoms with Gasteiger partial charge in [-0.2, -0.15) is 0 Å². The molecule has 1 fully saturated rings. The molecule has 5 heteroatoms. The first-order valence-corrected chi connectivity index (χ1v) is 7.06. The third-order valence-electron chi connectivity index (χ3n) is 3.56. The molecule has 0 bridgehead atoms. The lowest BCUT2D eigenvalue weighted by Gasteiger charge is -2.10. The Morgan fingerprint density at radius 1 is 1.37 bits per heavy atom. The summed E-state index contributed by atoms with van der Waals surface area (Å²) >= 11 is 0. The normalized spacial score (nSPS) is 17.1. The zero-order chi connectivity index (χ0) is 13.7. The van der Waals surface area contributed by atoms with Crippen LogP contribution in [0, 0.1) is 5.92 Å². The molecule has 19 heavy (non-hydrogen) atoms. The lowest BCUT2D eigenvalue weighted by molar-refractivity contribution is 0.0683. The minimum absolute atomic E-state index is 0.0404. The quantitative estimate of drug-likeness (QED) is 0.829. The SMILES string of the molecule is CCOc1oc(CC2CCCCCC2)nc1C(=O)O. The van der Waals surface area contributed by atoms with Crippen LogP contribution in [0.15, 0.2) is 4.42 Å². The van der Waals surface area contributed by atoms with Gasteiger partial charge in [0.05, 0.1) is 6.61 Å². The van der Waals surface area contributed by atoms with Gasteiger partial charge in [-0.1, -0.05) is 25.7 Å². The molecule has 1 heterocycles. The highest BCUT2D eigenvalue weighted by atomic mass is 16.6. The van der Waals surface area contributed by atoms with Gasteiger partial charge in [0.25, 0.3) is 0 Å². The number of aromatic carboxylic acids is 1. The topological polar surface area (TPSA) is 72.6 Å². The van der Waals surface area contributed by atoms with Crippen molar-refractivity contribution in [1.29, 1.82) is 0 Å². The fraction of sp³-hybridized carbons (Fsp3) is 0.714. The van der Waals surface area contributed by atoms with Gasteiger partial charge in [0.15, 0.2) is 5.89 Å². The second kappa shape index (κ2) is 6.59. The average molecular weight is 267 g/mol. The van der Waals surface area contributed by atoms with E-state index in [2.05, 4.69) is 4.98 Å². The third kappa shape index (κ3) is 3.72. The van der Waals surface area contributed by atoms with Gasteiger partial charge >= 0.3 is 11.9 Å². The Morgan fingerprint density at radius 3 is 2.63 bits per heavy atom. The first kappa shape index (κ1) is 13.9. The zero-order valence-corrected chi connectivity index (χ0v) is 11.4. The van der Waals surface area contributed by atoms with Crippen molar-refractivity contribution in [1.82, 2.24) is 4.98 Å². The van der Waals surface area contributed by atoms with Gasteiger partial charge in [0.1, 0.15) is 0 Å². The Hall–Kier alpha value is -1.52. The molecule has 1 aromatic rings. The molecule has 1 aliphatic carbocycles. The lowest BCUT2D eigenvalue weighted by Crippen LogP contribution is -2.04. The van der Waals surface area contributed by atoms with E-state index in [0.717, 1.165) is 0 Å². The molecule has 0 amide bonds. The second-order valence-electron chi connectivity index (χ2n) is 5.04. The number of carbonyl (C=O) groups is 1. The molecule has 1 N–H and O–H groups in total. The Balaban J connectivity index is 2.06. The van der Waals surface area contributed by atoms with Crippen molar-refractivity contribution < 1.29 is 19.1 Å². The molecule has 0 unspecified atom stereocenters. The largest absolute Gasteiger partial charge is 0.476 e. The number of rotatable bonds is 5. The predicted molar refractivity (Wildman–Crippen MR) is 69.5 cm³/mol. The molecule has 1 aromatic heterocycles. The van der Waals surface area contributed by atoms with Gasteiger partial charge in [0.2, 0.25) is 5.69 Å². The monoisotopic (exact) mass is 267 g/mol. The van der Waals surface area contributed by atoms with E-state index < -0.39 is 5.97 Å². The summed E-state index contributed by atoms with van der Waals surface area (Å²) in [6.45, 7) is 2.16.